The molecule has 2 heteroatoms. The molecule has 0 aliphatic rings. The van der Waals surface area contributed by atoms with E-state index < -0.39 is 0 Å². The second-order valence-corrected chi connectivity index (χ2v) is 7.35. The third kappa shape index (κ3) is 4.28. The number of thioether (sulfide) groups is 1. The molecule has 0 aliphatic carbocycles. The number of hydrogen-bond donors (Lipinski definition) is 1. The van der Waals surface area contributed by atoms with Gasteiger partial charge in [0.2, 0.25) is 0 Å². The fourth-order valence-corrected chi connectivity index (χ4v) is 2.70. The lowest BCUT2D eigenvalue weighted by molar-refractivity contribution is 0.589. The molecule has 0 aliphatic heterocycles. The second-order valence-electron chi connectivity index (χ2n) is 6.47. The summed E-state index contributed by atoms with van der Waals surface area (Å²) >= 11 is 1.77. The van der Waals surface area contributed by atoms with Crippen LogP contribution in [-0.4, -0.2) is 6.26 Å². The Balaban J connectivity index is 2.07. The Labute approximate surface area is 133 Å². The minimum absolute atomic E-state index is 0.211. The van der Waals surface area contributed by atoms with Crippen LogP contribution in [-0.2, 0) is 5.41 Å². The van der Waals surface area contributed by atoms with Crippen LogP contribution in [0.4, 0.5) is 5.69 Å². The first-order valence-corrected chi connectivity index (χ1v) is 8.63. The fourth-order valence-electron chi connectivity index (χ4n) is 2.29. The number of nitrogens with one attached hydrogen (secondary N) is 1. The van der Waals surface area contributed by atoms with Gasteiger partial charge in [0, 0.05) is 16.6 Å². The van der Waals surface area contributed by atoms with Crippen LogP contribution in [0, 0.1) is 0 Å². The Morgan fingerprint density at radius 1 is 0.905 bits per heavy atom. The SMILES string of the molecule is CSc1ccc(NC(C)c2ccc(C(C)(C)C)cc2)cc1. The lowest BCUT2D eigenvalue weighted by Crippen LogP contribution is -2.12. The monoisotopic (exact) mass is 299 g/mol. The third-order valence-corrected chi connectivity index (χ3v) is 4.49. The molecule has 21 heavy (non-hydrogen) atoms. The van der Waals surface area contributed by atoms with Crippen molar-refractivity contribution in [3.05, 3.63) is 59.7 Å². The normalized spacial score (nSPS) is 13.0. The zero-order valence-corrected chi connectivity index (χ0v) is 14.4. The maximum Gasteiger partial charge on any atom is 0.0485 e. The van der Waals surface area contributed by atoms with Crippen LogP contribution >= 0.6 is 11.8 Å². The second kappa shape index (κ2) is 6.57. The molecule has 0 saturated carbocycles. The molecule has 1 atom stereocenters. The van der Waals surface area contributed by atoms with Crippen LogP contribution in [0.1, 0.15) is 44.9 Å². The lowest BCUT2D eigenvalue weighted by Gasteiger charge is -2.21. The molecule has 0 bridgehead atoms. The molecule has 0 amide bonds. The zero-order valence-electron chi connectivity index (χ0n) is 13.6. The molecule has 0 heterocycles. The van der Waals surface area contributed by atoms with Gasteiger partial charge in [-0.1, -0.05) is 45.0 Å². The van der Waals surface area contributed by atoms with E-state index >= 15 is 0 Å². The summed E-state index contributed by atoms with van der Waals surface area (Å²) in [6, 6.07) is 17.8. The lowest BCUT2D eigenvalue weighted by atomic mass is 9.86. The molecule has 0 fully saturated rings. The standard InChI is InChI=1S/C19H25NS/c1-14(20-17-10-12-18(21-5)13-11-17)15-6-8-16(9-7-15)19(2,3)4/h6-14,20H,1-5H3. The topological polar surface area (TPSA) is 12.0 Å². The van der Waals surface area contributed by atoms with Gasteiger partial charge in [-0.15, -0.1) is 11.8 Å². The number of anilines is 1. The minimum atomic E-state index is 0.211. The van der Waals surface area contributed by atoms with E-state index in [0.717, 1.165) is 0 Å². The average Bonchev–Trinajstić information content (AvgIpc) is 2.47. The average molecular weight is 299 g/mol. The van der Waals surface area contributed by atoms with E-state index in [2.05, 4.69) is 87.8 Å². The molecule has 2 rings (SSSR count). The van der Waals surface area contributed by atoms with Crippen molar-refractivity contribution in [3.63, 3.8) is 0 Å². The van der Waals surface area contributed by atoms with Gasteiger partial charge in [0.25, 0.3) is 0 Å². The Hall–Kier alpha value is -1.41. The summed E-state index contributed by atoms with van der Waals surface area (Å²) in [6.07, 6.45) is 2.10. The highest BCUT2D eigenvalue weighted by atomic mass is 32.2. The van der Waals surface area contributed by atoms with Gasteiger partial charge in [-0.3, -0.25) is 0 Å². The van der Waals surface area contributed by atoms with Crippen LogP contribution in [0.3, 0.4) is 0 Å². The first kappa shape index (κ1) is 16.0. The van der Waals surface area contributed by atoms with Crippen molar-refractivity contribution < 1.29 is 0 Å². The predicted octanol–water partition coefficient (Wildman–Crippen LogP) is 5.88. The summed E-state index contributed by atoms with van der Waals surface area (Å²) in [6.45, 7) is 8.94. The van der Waals surface area contributed by atoms with Crippen molar-refractivity contribution in [2.75, 3.05) is 11.6 Å². The van der Waals surface area contributed by atoms with Gasteiger partial charge >= 0.3 is 0 Å². The largest absolute Gasteiger partial charge is 0.379 e. The molecule has 1 unspecified atom stereocenters. The zero-order chi connectivity index (χ0) is 15.5. The summed E-state index contributed by atoms with van der Waals surface area (Å²) < 4.78 is 0. The smallest absolute Gasteiger partial charge is 0.0485 e. The first-order valence-electron chi connectivity index (χ1n) is 7.41. The highest BCUT2D eigenvalue weighted by Crippen LogP contribution is 2.26. The van der Waals surface area contributed by atoms with Gasteiger partial charge in [0.1, 0.15) is 0 Å². The maximum atomic E-state index is 3.56. The summed E-state index contributed by atoms with van der Waals surface area (Å²) in [4.78, 5) is 1.29. The third-order valence-electron chi connectivity index (χ3n) is 3.75. The molecule has 0 spiro atoms. The summed E-state index contributed by atoms with van der Waals surface area (Å²) in [5, 5.41) is 3.56. The molecular weight excluding hydrogens is 274 g/mol. The van der Waals surface area contributed by atoms with Gasteiger partial charge in [0.05, 0.1) is 0 Å². The maximum absolute atomic E-state index is 3.56. The Kier molecular flexibility index (Phi) is 5.00. The van der Waals surface area contributed by atoms with Crippen molar-refractivity contribution in [1.82, 2.24) is 0 Å². The van der Waals surface area contributed by atoms with Crippen molar-refractivity contribution in [2.45, 2.75) is 44.0 Å². The van der Waals surface area contributed by atoms with Crippen LogP contribution in [0.15, 0.2) is 53.4 Å². The van der Waals surface area contributed by atoms with Crippen LogP contribution in [0.5, 0.6) is 0 Å². The van der Waals surface area contributed by atoms with Crippen LogP contribution in [0.2, 0.25) is 0 Å². The predicted molar refractivity (Wildman–Crippen MR) is 95.4 cm³/mol. The van der Waals surface area contributed by atoms with Crippen molar-refractivity contribution >= 4 is 17.4 Å². The number of benzene rings is 2. The van der Waals surface area contributed by atoms with Gasteiger partial charge in [-0.25, -0.2) is 0 Å². The number of rotatable bonds is 4. The van der Waals surface area contributed by atoms with E-state index in [1.54, 1.807) is 11.8 Å². The van der Waals surface area contributed by atoms with Crippen molar-refractivity contribution in [1.29, 1.82) is 0 Å². The highest BCUT2D eigenvalue weighted by Gasteiger charge is 2.14. The molecule has 1 N–H and O–H groups in total. The van der Waals surface area contributed by atoms with Crippen molar-refractivity contribution in [2.24, 2.45) is 0 Å². The van der Waals surface area contributed by atoms with Crippen LogP contribution in [0.25, 0.3) is 0 Å². The Morgan fingerprint density at radius 3 is 1.95 bits per heavy atom. The van der Waals surface area contributed by atoms with E-state index in [-0.39, 0.29) is 5.41 Å². The molecular formula is C19H25NS. The van der Waals surface area contributed by atoms with E-state index in [9.17, 15) is 0 Å². The molecule has 112 valence electrons. The molecule has 2 aromatic carbocycles. The Morgan fingerprint density at radius 2 is 1.48 bits per heavy atom. The van der Waals surface area contributed by atoms with E-state index in [1.807, 2.05) is 0 Å². The molecule has 0 radical (unpaired) electrons. The summed E-state index contributed by atoms with van der Waals surface area (Å²) in [5.74, 6) is 0. The van der Waals surface area contributed by atoms with E-state index in [0.29, 0.717) is 6.04 Å². The fraction of sp³-hybridized carbons (Fsp3) is 0.368. The summed E-state index contributed by atoms with van der Waals surface area (Å²) in [7, 11) is 0. The van der Waals surface area contributed by atoms with E-state index in [4.69, 9.17) is 0 Å². The first-order chi connectivity index (χ1) is 9.90. The minimum Gasteiger partial charge on any atom is -0.379 e. The molecule has 0 aromatic heterocycles. The summed E-state index contributed by atoms with van der Waals surface area (Å²) in [5.41, 5.74) is 4.07. The molecule has 2 aromatic rings. The highest BCUT2D eigenvalue weighted by molar-refractivity contribution is 7.98. The molecule has 0 saturated heterocycles. The molecule has 1 nitrogen and oxygen atoms in total. The number of hydrogen-bond acceptors (Lipinski definition) is 2. The van der Waals surface area contributed by atoms with E-state index in [1.165, 1.54) is 21.7 Å². The van der Waals surface area contributed by atoms with Gasteiger partial charge in [0.15, 0.2) is 0 Å². The van der Waals surface area contributed by atoms with Gasteiger partial charge in [-0.2, -0.15) is 0 Å². The van der Waals surface area contributed by atoms with Crippen molar-refractivity contribution in [3.8, 4) is 0 Å². The Bertz CT molecular complexity index is 564. The van der Waals surface area contributed by atoms with Crippen LogP contribution < -0.4 is 5.32 Å². The van der Waals surface area contributed by atoms with Gasteiger partial charge in [-0.05, 0) is 54.0 Å². The quantitative estimate of drug-likeness (QED) is 0.708. The van der Waals surface area contributed by atoms with Gasteiger partial charge < -0.3 is 5.32 Å².